The fraction of sp³-hybridized carbons (Fsp3) is 0.538. The lowest BCUT2D eigenvalue weighted by Gasteiger charge is -2.40. The molecule has 2 fully saturated rings. The van der Waals surface area contributed by atoms with Gasteiger partial charge >= 0.3 is 12.2 Å². The Morgan fingerprint density at radius 2 is 1.88 bits per heavy atom. The first kappa shape index (κ1) is 22.8. The first-order valence-electron chi connectivity index (χ1n) is 12.5. The Morgan fingerprint density at radius 3 is 2.59 bits per heavy atom. The number of hydrazine groups is 1. The van der Waals surface area contributed by atoms with Crippen LogP contribution in [0.4, 0.5) is 21.0 Å². The molecule has 1 aliphatic heterocycles. The van der Waals surface area contributed by atoms with Crippen molar-refractivity contribution in [3.8, 4) is 0 Å². The third kappa shape index (κ3) is 4.64. The third-order valence-corrected chi connectivity index (χ3v) is 7.05. The van der Waals surface area contributed by atoms with E-state index in [-0.39, 0.29) is 18.2 Å². The van der Waals surface area contributed by atoms with E-state index in [1.54, 1.807) is 9.80 Å². The average Bonchev–Trinajstić information content (AvgIpc) is 3.65. The highest BCUT2D eigenvalue weighted by Crippen LogP contribution is 2.40. The van der Waals surface area contributed by atoms with Gasteiger partial charge in [-0.05, 0) is 76.0 Å². The number of allylic oxidation sites excluding steroid dienone is 4. The molecule has 8 heteroatoms. The van der Waals surface area contributed by atoms with Crippen molar-refractivity contribution >= 4 is 29.1 Å². The molecule has 1 atom stereocenters. The first-order chi connectivity index (χ1) is 16.5. The van der Waals surface area contributed by atoms with Crippen molar-refractivity contribution in [2.45, 2.75) is 76.5 Å². The summed E-state index contributed by atoms with van der Waals surface area (Å²) in [5.41, 5.74) is 11.5. The highest BCUT2D eigenvalue weighted by atomic mass is 16.6. The van der Waals surface area contributed by atoms with Crippen LogP contribution in [0.25, 0.3) is 5.57 Å². The van der Waals surface area contributed by atoms with Crippen molar-refractivity contribution in [3.63, 3.8) is 0 Å². The Labute approximate surface area is 200 Å². The second-order valence-corrected chi connectivity index (χ2v) is 9.67. The van der Waals surface area contributed by atoms with Crippen LogP contribution in [0.15, 0.2) is 36.0 Å². The van der Waals surface area contributed by atoms with Crippen molar-refractivity contribution in [3.05, 3.63) is 41.6 Å². The van der Waals surface area contributed by atoms with Gasteiger partial charge in [0, 0.05) is 17.3 Å². The Balaban J connectivity index is 1.53. The molecule has 8 nitrogen and oxygen atoms in total. The largest absolute Gasteiger partial charge is 0.452 e. The van der Waals surface area contributed by atoms with E-state index in [1.165, 1.54) is 20.0 Å². The molecule has 0 bridgehead atoms. The predicted octanol–water partition coefficient (Wildman–Crippen LogP) is 4.86. The smallest absolute Gasteiger partial charge is 0.414 e. The van der Waals surface area contributed by atoms with Crippen LogP contribution in [-0.4, -0.2) is 44.0 Å². The molecule has 2 amide bonds. The van der Waals surface area contributed by atoms with Gasteiger partial charge in [0.15, 0.2) is 0 Å². The standard InChI is InChI=1S/C26H34N4O4/c1-17-16-29(25(31)34-20-7-6-8-20)24-15-18(11-14-23(24)30(17)26(32)33-2)21-9-4-3-5-10-22(21)28-27-19-12-13-19/h4,9,11,14-15,17,19-20,27-28H,3,5-8,10,12-13,16H2,1-2H3/t17-/m0/s1. The van der Waals surface area contributed by atoms with Crippen LogP contribution in [-0.2, 0) is 9.47 Å². The van der Waals surface area contributed by atoms with Crippen LogP contribution >= 0.6 is 0 Å². The number of benzene rings is 1. The summed E-state index contributed by atoms with van der Waals surface area (Å²) in [6, 6.07) is 6.24. The molecule has 1 aromatic carbocycles. The summed E-state index contributed by atoms with van der Waals surface area (Å²) in [4.78, 5) is 29.1. The Kier molecular flexibility index (Phi) is 6.50. The molecule has 0 aromatic heterocycles. The Bertz CT molecular complexity index is 1010. The lowest BCUT2D eigenvalue weighted by Crippen LogP contribution is -2.52. The van der Waals surface area contributed by atoms with Crippen LogP contribution in [0.1, 0.15) is 63.9 Å². The van der Waals surface area contributed by atoms with E-state index in [1.807, 2.05) is 25.1 Å². The second kappa shape index (κ2) is 9.70. The minimum absolute atomic E-state index is 0.00937. The van der Waals surface area contributed by atoms with Crippen LogP contribution in [0, 0.1) is 0 Å². The zero-order valence-electron chi connectivity index (χ0n) is 20.0. The molecule has 0 unspecified atom stereocenters. The molecule has 34 heavy (non-hydrogen) atoms. The quantitative estimate of drug-likeness (QED) is 0.603. The van der Waals surface area contributed by atoms with Crippen molar-refractivity contribution in [1.82, 2.24) is 10.9 Å². The number of hydrogen-bond acceptors (Lipinski definition) is 6. The molecule has 3 aliphatic carbocycles. The van der Waals surface area contributed by atoms with E-state index in [0.29, 0.717) is 24.0 Å². The fourth-order valence-electron chi connectivity index (χ4n) is 4.69. The number of nitrogens with zero attached hydrogens (tertiary/aromatic N) is 2. The number of fused-ring (bicyclic) bond motifs is 1. The van der Waals surface area contributed by atoms with Gasteiger partial charge in [0.1, 0.15) is 6.10 Å². The molecule has 0 spiro atoms. The SMILES string of the molecule is COC(=O)N1c2ccc(C3=C(NNC4CC4)CCCC=C3)cc2N(C(=O)OC2CCC2)C[C@@H]1C. The maximum absolute atomic E-state index is 13.2. The highest BCUT2D eigenvalue weighted by Gasteiger charge is 2.37. The summed E-state index contributed by atoms with van der Waals surface area (Å²) in [6.07, 6.45) is 11.9. The van der Waals surface area contributed by atoms with Gasteiger partial charge in [-0.15, -0.1) is 0 Å². The fourth-order valence-corrected chi connectivity index (χ4v) is 4.69. The normalized spacial score (nSPS) is 22.6. The van der Waals surface area contributed by atoms with Gasteiger partial charge in [-0.2, -0.15) is 0 Å². The summed E-state index contributed by atoms with van der Waals surface area (Å²) >= 11 is 0. The summed E-state index contributed by atoms with van der Waals surface area (Å²) < 4.78 is 10.8. The lowest BCUT2D eigenvalue weighted by molar-refractivity contribution is 0.0570. The summed E-state index contributed by atoms with van der Waals surface area (Å²) in [5.74, 6) is 0. The first-order valence-corrected chi connectivity index (χ1v) is 12.5. The van der Waals surface area contributed by atoms with Gasteiger partial charge in [0.2, 0.25) is 0 Å². The lowest BCUT2D eigenvalue weighted by atomic mass is 9.96. The monoisotopic (exact) mass is 466 g/mol. The van der Waals surface area contributed by atoms with Crippen molar-refractivity contribution in [2.24, 2.45) is 0 Å². The van der Waals surface area contributed by atoms with Gasteiger partial charge in [0.05, 0.1) is 31.1 Å². The number of anilines is 2. The number of carbonyl (C=O) groups excluding carboxylic acids is 2. The number of ether oxygens (including phenoxy) is 2. The molecule has 182 valence electrons. The average molecular weight is 467 g/mol. The molecule has 2 N–H and O–H groups in total. The molecule has 5 rings (SSSR count). The van der Waals surface area contributed by atoms with Gasteiger partial charge in [-0.25, -0.2) is 15.0 Å². The number of methoxy groups -OCH3 is 1. The molecule has 1 heterocycles. The molecular formula is C26H34N4O4. The molecule has 0 saturated heterocycles. The second-order valence-electron chi connectivity index (χ2n) is 9.67. The number of nitrogens with one attached hydrogen (secondary N) is 2. The zero-order chi connectivity index (χ0) is 23.7. The van der Waals surface area contributed by atoms with Gasteiger partial charge in [0.25, 0.3) is 0 Å². The minimum Gasteiger partial charge on any atom is -0.452 e. The van der Waals surface area contributed by atoms with E-state index in [2.05, 4.69) is 23.0 Å². The van der Waals surface area contributed by atoms with Crippen LogP contribution in [0.2, 0.25) is 0 Å². The maximum Gasteiger partial charge on any atom is 0.414 e. The number of amides is 2. The predicted molar refractivity (Wildman–Crippen MR) is 131 cm³/mol. The molecule has 2 saturated carbocycles. The molecular weight excluding hydrogens is 432 g/mol. The van der Waals surface area contributed by atoms with Gasteiger partial charge < -0.3 is 14.9 Å². The Hall–Kier alpha value is -3.00. The van der Waals surface area contributed by atoms with Gasteiger partial charge in [-0.1, -0.05) is 18.2 Å². The van der Waals surface area contributed by atoms with E-state index in [4.69, 9.17) is 9.47 Å². The van der Waals surface area contributed by atoms with Crippen molar-refractivity contribution in [2.75, 3.05) is 23.5 Å². The van der Waals surface area contributed by atoms with Gasteiger partial charge in [-0.3, -0.25) is 9.80 Å². The van der Waals surface area contributed by atoms with E-state index >= 15 is 0 Å². The maximum atomic E-state index is 13.2. The molecule has 0 radical (unpaired) electrons. The minimum atomic E-state index is -0.432. The van der Waals surface area contributed by atoms with E-state index in [9.17, 15) is 9.59 Å². The third-order valence-electron chi connectivity index (χ3n) is 7.05. The van der Waals surface area contributed by atoms with Crippen molar-refractivity contribution < 1.29 is 19.1 Å². The van der Waals surface area contributed by atoms with Crippen LogP contribution in [0.3, 0.4) is 0 Å². The number of hydrogen-bond donors (Lipinski definition) is 2. The van der Waals surface area contributed by atoms with E-state index in [0.717, 1.165) is 55.4 Å². The summed E-state index contributed by atoms with van der Waals surface area (Å²) in [7, 11) is 1.38. The van der Waals surface area contributed by atoms with Crippen molar-refractivity contribution in [1.29, 1.82) is 0 Å². The molecule has 1 aromatic rings. The summed E-state index contributed by atoms with van der Waals surface area (Å²) in [6.45, 7) is 2.26. The zero-order valence-corrected chi connectivity index (χ0v) is 20.0. The number of rotatable bonds is 5. The van der Waals surface area contributed by atoms with E-state index < -0.39 is 6.09 Å². The summed E-state index contributed by atoms with van der Waals surface area (Å²) in [5, 5.41) is 0. The van der Waals surface area contributed by atoms with Crippen LogP contribution < -0.4 is 20.7 Å². The number of carbonyl (C=O) groups is 2. The van der Waals surface area contributed by atoms with Crippen LogP contribution in [0.5, 0.6) is 0 Å². The highest BCUT2D eigenvalue weighted by molar-refractivity contribution is 6.01. The Morgan fingerprint density at radius 1 is 1.06 bits per heavy atom. The topological polar surface area (TPSA) is 83.1 Å². The molecule has 4 aliphatic rings.